The summed E-state index contributed by atoms with van der Waals surface area (Å²) in [5.41, 5.74) is 0. The van der Waals surface area contributed by atoms with Crippen LogP contribution in [0.15, 0.2) is 11.6 Å². The Labute approximate surface area is 94.1 Å². The van der Waals surface area contributed by atoms with E-state index < -0.39 is 0 Å². The number of carbonyl (C=O) groups is 1. The highest BCUT2D eigenvalue weighted by atomic mass is 32.1. The van der Waals surface area contributed by atoms with Crippen molar-refractivity contribution in [2.24, 2.45) is 0 Å². The molecule has 1 rings (SSSR count). The van der Waals surface area contributed by atoms with Crippen LogP contribution in [0.25, 0.3) is 0 Å². The summed E-state index contributed by atoms with van der Waals surface area (Å²) in [6.45, 7) is 1.58. The molecule has 1 heterocycles. The Morgan fingerprint density at radius 3 is 3.07 bits per heavy atom. The van der Waals surface area contributed by atoms with E-state index >= 15 is 0 Å². The normalized spacial score (nSPS) is 10.2. The van der Waals surface area contributed by atoms with Gasteiger partial charge in [-0.25, -0.2) is 4.98 Å². The number of hydrogen-bond acceptors (Lipinski definition) is 4. The number of carbonyl (C=O) groups excluding carboxylic acids is 1. The molecule has 0 aliphatic rings. The van der Waals surface area contributed by atoms with Gasteiger partial charge in [-0.1, -0.05) is 0 Å². The minimum atomic E-state index is 0.127. The van der Waals surface area contributed by atoms with Gasteiger partial charge in [-0.3, -0.25) is 4.79 Å². The van der Waals surface area contributed by atoms with E-state index in [0.717, 1.165) is 24.4 Å². The first kappa shape index (κ1) is 12.1. The molecule has 0 aliphatic heterocycles. The van der Waals surface area contributed by atoms with Crippen molar-refractivity contribution in [1.29, 1.82) is 0 Å². The van der Waals surface area contributed by atoms with Gasteiger partial charge in [0.2, 0.25) is 5.91 Å². The second-order valence-electron chi connectivity index (χ2n) is 3.23. The highest BCUT2D eigenvalue weighted by Gasteiger charge is 2.00. The average Bonchev–Trinajstić information content (AvgIpc) is 2.71. The SMILES string of the molecule is CNCCCC(=O)NCCc1nccs1. The molecule has 4 nitrogen and oxygen atoms in total. The number of nitrogens with one attached hydrogen (secondary N) is 2. The van der Waals surface area contributed by atoms with Crippen molar-refractivity contribution >= 4 is 17.2 Å². The molecule has 0 aliphatic carbocycles. The monoisotopic (exact) mass is 227 g/mol. The molecule has 1 amide bonds. The first-order chi connectivity index (χ1) is 7.33. The van der Waals surface area contributed by atoms with E-state index in [2.05, 4.69) is 15.6 Å². The summed E-state index contributed by atoms with van der Waals surface area (Å²) >= 11 is 1.62. The van der Waals surface area contributed by atoms with Gasteiger partial charge in [-0.05, 0) is 20.0 Å². The number of thiazole rings is 1. The predicted molar refractivity (Wildman–Crippen MR) is 62.0 cm³/mol. The molecular weight excluding hydrogens is 210 g/mol. The van der Waals surface area contributed by atoms with Crippen LogP contribution in [0.2, 0.25) is 0 Å². The lowest BCUT2D eigenvalue weighted by Crippen LogP contribution is -2.26. The molecule has 0 saturated carbocycles. The van der Waals surface area contributed by atoms with Gasteiger partial charge >= 0.3 is 0 Å². The van der Waals surface area contributed by atoms with Gasteiger partial charge in [-0.2, -0.15) is 0 Å². The molecule has 0 bridgehead atoms. The van der Waals surface area contributed by atoms with Gasteiger partial charge in [0.05, 0.1) is 5.01 Å². The maximum Gasteiger partial charge on any atom is 0.220 e. The van der Waals surface area contributed by atoms with Crippen LogP contribution in [0, 0.1) is 0 Å². The molecule has 0 spiro atoms. The Kier molecular flexibility index (Phi) is 5.96. The van der Waals surface area contributed by atoms with Crippen molar-refractivity contribution in [3.8, 4) is 0 Å². The summed E-state index contributed by atoms with van der Waals surface area (Å²) in [5.74, 6) is 0.127. The number of aromatic nitrogens is 1. The lowest BCUT2D eigenvalue weighted by molar-refractivity contribution is -0.121. The van der Waals surface area contributed by atoms with Crippen molar-refractivity contribution in [2.75, 3.05) is 20.1 Å². The maximum atomic E-state index is 11.3. The van der Waals surface area contributed by atoms with Gasteiger partial charge in [0, 0.05) is 31.0 Å². The zero-order chi connectivity index (χ0) is 10.9. The zero-order valence-corrected chi connectivity index (χ0v) is 9.77. The van der Waals surface area contributed by atoms with Crippen LogP contribution in [-0.4, -0.2) is 31.0 Å². The quantitative estimate of drug-likeness (QED) is 0.678. The fraction of sp³-hybridized carbons (Fsp3) is 0.600. The van der Waals surface area contributed by atoms with E-state index in [4.69, 9.17) is 0 Å². The van der Waals surface area contributed by atoms with Crippen LogP contribution in [0.5, 0.6) is 0 Å². The van der Waals surface area contributed by atoms with Crippen LogP contribution in [0.4, 0.5) is 0 Å². The Balaban J connectivity index is 2.02. The van der Waals surface area contributed by atoms with E-state index in [0.29, 0.717) is 13.0 Å². The Bertz CT molecular complexity index is 274. The largest absolute Gasteiger partial charge is 0.356 e. The minimum Gasteiger partial charge on any atom is -0.356 e. The summed E-state index contributed by atoms with van der Waals surface area (Å²) in [7, 11) is 1.89. The first-order valence-electron chi connectivity index (χ1n) is 5.12. The summed E-state index contributed by atoms with van der Waals surface area (Å²) in [4.78, 5) is 15.4. The maximum absolute atomic E-state index is 11.3. The van der Waals surface area contributed by atoms with Crippen molar-refractivity contribution < 1.29 is 4.79 Å². The topological polar surface area (TPSA) is 54.0 Å². The second kappa shape index (κ2) is 7.36. The zero-order valence-electron chi connectivity index (χ0n) is 8.95. The molecule has 2 N–H and O–H groups in total. The molecule has 1 aromatic rings. The van der Waals surface area contributed by atoms with Gasteiger partial charge < -0.3 is 10.6 Å². The van der Waals surface area contributed by atoms with Crippen molar-refractivity contribution in [3.05, 3.63) is 16.6 Å². The fourth-order valence-electron chi connectivity index (χ4n) is 1.20. The van der Waals surface area contributed by atoms with Crippen LogP contribution < -0.4 is 10.6 Å². The third kappa shape index (κ3) is 5.49. The molecular formula is C10H17N3OS. The molecule has 15 heavy (non-hydrogen) atoms. The van der Waals surface area contributed by atoms with Crippen LogP contribution in [0.3, 0.4) is 0 Å². The summed E-state index contributed by atoms with van der Waals surface area (Å²) in [5, 5.41) is 8.92. The van der Waals surface area contributed by atoms with Crippen LogP contribution in [0.1, 0.15) is 17.8 Å². The van der Waals surface area contributed by atoms with Gasteiger partial charge in [0.25, 0.3) is 0 Å². The predicted octanol–water partition coefficient (Wildman–Crippen LogP) is 0.801. The lowest BCUT2D eigenvalue weighted by Gasteiger charge is -2.03. The van der Waals surface area contributed by atoms with Crippen molar-refractivity contribution in [3.63, 3.8) is 0 Å². The molecule has 0 radical (unpaired) electrons. The molecule has 5 heteroatoms. The molecule has 84 valence electrons. The number of rotatable bonds is 7. The van der Waals surface area contributed by atoms with Gasteiger partial charge in [0.1, 0.15) is 0 Å². The minimum absolute atomic E-state index is 0.127. The van der Waals surface area contributed by atoms with E-state index in [1.54, 1.807) is 17.5 Å². The van der Waals surface area contributed by atoms with E-state index in [-0.39, 0.29) is 5.91 Å². The summed E-state index contributed by atoms with van der Waals surface area (Å²) in [6.07, 6.45) is 4.10. The molecule has 1 aromatic heterocycles. The first-order valence-corrected chi connectivity index (χ1v) is 6.00. The summed E-state index contributed by atoms with van der Waals surface area (Å²) in [6, 6.07) is 0. The molecule has 0 unspecified atom stereocenters. The lowest BCUT2D eigenvalue weighted by atomic mass is 10.3. The second-order valence-corrected chi connectivity index (χ2v) is 4.21. The van der Waals surface area contributed by atoms with Crippen LogP contribution in [-0.2, 0) is 11.2 Å². The van der Waals surface area contributed by atoms with E-state index in [1.807, 2.05) is 12.4 Å². The summed E-state index contributed by atoms with van der Waals surface area (Å²) < 4.78 is 0. The smallest absolute Gasteiger partial charge is 0.220 e. The van der Waals surface area contributed by atoms with Gasteiger partial charge in [-0.15, -0.1) is 11.3 Å². The number of hydrogen-bond donors (Lipinski definition) is 2. The van der Waals surface area contributed by atoms with E-state index in [1.165, 1.54) is 0 Å². The van der Waals surface area contributed by atoms with Crippen LogP contribution >= 0.6 is 11.3 Å². The third-order valence-corrected chi connectivity index (χ3v) is 2.81. The van der Waals surface area contributed by atoms with Crippen molar-refractivity contribution in [2.45, 2.75) is 19.3 Å². The van der Waals surface area contributed by atoms with E-state index in [9.17, 15) is 4.79 Å². The molecule has 0 aromatic carbocycles. The highest BCUT2D eigenvalue weighted by Crippen LogP contribution is 2.03. The molecule has 0 fully saturated rings. The Hall–Kier alpha value is -0.940. The Morgan fingerprint density at radius 2 is 2.40 bits per heavy atom. The van der Waals surface area contributed by atoms with Gasteiger partial charge in [0.15, 0.2) is 0 Å². The van der Waals surface area contributed by atoms with Crippen molar-refractivity contribution in [1.82, 2.24) is 15.6 Å². The third-order valence-electron chi connectivity index (χ3n) is 1.98. The Morgan fingerprint density at radius 1 is 1.53 bits per heavy atom. The highest BCUT2D eigenvalue weighted by molar-refractivity contribution is 7.09. The number of amides is 1. The molecule has 0 saturated heterocycles. The number of nitrogens with zero attached hydrogens (tertiary/aromatic N) is 1. The standard InChI is InChI=1S/C10H17N3OS/c1-11-5-2-3-9(14)12-6-4-10-13-7-8-15-10/h7-8,11H,2-6H2,1H3,(H,12,14). The fourth-order valence-corrected chi connectivity index (χ4v) is 1.82. The molecule has 0 atom stereocenters. The average molecular weight is 227 g/mol.